The lowest BCUT2D eigenvalue weighted by atomic mass is 10.1. The van der Waals surface area contributed by atoms with Gasteiger partial charge in [0.2, 0.25) is 0 Å². The van der Waals surface area contributed by atoms with Gasteiger partial charge in [0.05, 0.1) is 7.11 Å². The zero-order valence-corrected chi connectivity index (χ0v) is 9.38. The number of hydrogen-bond donors (Lipinski definition) is 1. The van der Waals surface area contributed by atoms with Gasteiger partial charge in [0, 0.05) is 22.2 Å². The molecule has 0 saturated heterocycles. The fraction of sp³-hybridized carbons (Fsp3) is 0.167. The molecule has 0 aliphatic heterocycles. The monoisotopic (exact) mass is 219 g/mol. The topological polar surface area (TPSA) is 35.2 Å². The van der Waals surface area contributed by atoms with Gasteiger partial charge in [0.1, 0.15) is 5.75 Å². The van der Waals surface area contributed by atoms with Gasteiger partial charge in [0.15, 0.2) is 0 Å². The highest BCUT2D eigenvalue weighted by atomic mass is 32.1. The van der Waals surface area contributed by atoms with Gasteiger partial charge in [-0.15, -0.1) is 11.3 Å². The lowest BCUT2D eigenvalue weighted by molar-refractivity contribution is 0.419. The summed E-state index contributed by atoms with van der Waals surface area (Å²) in [7, 11) is 1.70. The molecule has 0 saturated carbocycles. The van der Waals surface area contributed by atoms with Crippen LogP contribution < -0.4 is 10.5 Å². The van der Waals surface area contributed by atoms with Crippen molar-refractivity contribution in [3.8, 4) is 5.75 Å². The maximum atomic E-state index is 5.43. The normalized spacial score (nSPS) is 11.3. The largest absolute Gasteiger partial charge is 0.495 e. The number of thiophene rings is 1. The molecule has 0 aliphatic carbocycles. The number of fused-ring (bicyclic) bond motifs is 1. The second-order valence-corrected chi connectivity index (χ2v) is 4.11. The van der Waals surface area contributed by atoms with Crippen LogP contribution >= 0.6 is 11.3 Å². The lowest BCUT2D eigenvalue weighted by Crippen LogP contribution is -1.93. The predicted octanol–water partition coefficient (Wildman–Crippen LogP) is 2.88. The minimum atomic E-state index is 0.546. The number of hydrogen-bond acceptors (Lipinski definition) is 3. The van der Waals surface area contributed by atoms with Crippen molar-refractivity contribution in [2.75, 3.05) is 13.7 Å². The minimum absolute atomic E-state index is 0.546. The molecule has 1 aromatic carbocycles. The van der Waals surface area contributed by atoms with Crippen molar-refractivity contribution >= 4 is 27.5 Å². The molecule has 0 amide bonds. The summed E-state index contributed by atoms with van der Waals surface area (Å²) in [6, 6.07) is 6.25. The van der Waals surface area contributed by atoms with Gasteiger partial charge in [-0.05, 0) is 23.6 Å². The molecule has 2 rings (SSSR count). The highest BCUT2D eigenvalue weighted by Crippen LogP contribution is 2.33. The molecule has 3 heteroatoms. The van der Waals surface area contributed by atoms with Crippen LogP contribution in [0.3, 0.4) is 0 Å². The zero-order chi connectivity index (χ0) is 10.7. The van der Waals surface area contributed by atoms with Crippen LogP contribution in [0.5, 0.6) is 5.75 Å². The third-order valence-electron chi connectivity index (χ3n) is 2.25. The first-order valence-electron chi connectivity index (χ1n) is 4.77. The fourth-order valence-corrected chi connectivity index (χ4v) is 2.37. The van der Waals surface area contributed by atoms with Crippen molar-refractivity contribution in [3.63, 3.8) is 0 Å². The van der Waals surface area contributed by atoms with Crippen LogP contribution in [-0.4, -0.2) is 13.7 Å². The van der Waals surface area contributed by atoms with Gasteiger partial charge in [-0.2, -0.15) is 0 Å². The Balaban J connectivity index is 2.58. The van der Waals surface area contributed by atoms with Gasteiger partial charge in [-0.25, -0.2) is 0 Å². The molecule has 78 valence electrons. The molecule has 0 fully saturated rings. The molecule has 0 radical (unpaired) electrons. The molecule has 0 unspecified atom stereocenters. The maximum absolute atomic E-state index is 5.43. The van der Waals surface area contributed by atoms with Crippen molar-refractivity contribution < 1.29 is 4.74 Å². The molecule has 2 aromatic rings. The third-order valence-corrected chi connectivity index (χ3v) is 3.14. The Labute approximate surface area is 93.0 Å². The van der Waals surface area contributed by atoms with Crippen LogP contribution in [0, 0.1) is 0 Å². The van der Waals surface area contributed by atoms with E-state index in [1.54, 1.807) is 18.4 Å². The quantitative estimate of drug-likeness (QED) is 0.861. The second kappa shape index (κ2) is 4.47. The third kappa shape index (κ3) is 1.89. The first-order valence-corrected chi connectivity index (χ1v) is 5.65. The van der Waals surface area contributed by atoms with E-state index < -0.39 is 0 Å². The van der Waals surface area contributed by atoms with Crippen molar-refractivity contribution in [3.05, 3.63) is 35.2 Å². The fourth-order valence-electron chi connectivity index (χ4n) is 1.59. The highest BCUT2D eigenvalue weighted by molar-refractivity contribution is 7.17. The lowest BCUT2D eigenvalue weighted by Gasteiger charge is -2.06. The van der Waals surface area contributed by atoms with Crippen LogP contribution in [0.2, 0.25) is 0 Å². The van der Waals surface area contributed by atoms with Crippen LogP contribution in [0.4, 0.5) is 0 Å². The molecule has 2 nitrogen and oxygen atoms in total. The van der Waals surface area contributed by atoms with Crippen molar-refractivity contribution in [1.82, 2.24) is 0 Å². The summed E-state index contributed by atoms with van der Waals surface area (Å²) in [6.45, 7) is 0.546. The Morgan fingerprint density at radius 2 is 2.27 bits per heavy atom. The number of ether oxygens (including phenoxy) is 1. The Hall–Kier alpha value is -1.32. The average molecular weight is 219 g/mol. The summed E-state index contributed by atoms with van der Waals surface area (Å²) >= 11 is 1.72. The SMILES string of the molecule is COc1c(/C=C/CN)ccc2sccc12. The first-order chi connectivity index (χ1) is 7.36. The van der Waals surface area contributed by atoms with Gasteiger partial charge in [0.25, 0.3) is 0 Å². The van der Waals surface area contributed by atoms with Gasteiger partial charge in [-0.1, -0.05) is 12.2 Å². The Bertz CT molecular complexity index is 487. The second-order valence-electron chi connectivity index (χ2n) is 3.16. The molecule has 0 spiro atoms. The molecule has 1 aromatic heterocycles. The van der Waals surface area contributed by atoms with E-state index in [2.05, 4.69) is 23.6 Å². The van der Waals surface area contributed by atoms with Crippen LogP contribution in [0.15, 0.2) is 29.7 Å². The van der Waals surface area contributed by atoms with Gasteiger partial charge in [-0.3, -0.25) is 0 Å². The molecule has 15 heavy (non-hydrogen) atoms. The first kappa shape index (κ1) is 10.2. The number of nitrogens with two attached hydrogens (primary N) is 1. The van der Waals surface area contributed by atoms with E-state index in [-0.39, 0.29) is 0 Å². The van der Waals surface area contributed by atoms with Crippen molar-refractivity contribution in [2.45, 2.75) is 0 Å². The van der Waals surface area contributed by atoms with Gasteiger partial charge < -0.3 is 10.5 Å². The highest BCUT2D eigenvalue weighted by Gasteiger charge is 2.06. The average Bonchev–Trinajstić information content (AvgIpc) is 2.73. The number of methoxy groups -OCH3 is 1. The molecule has 2 N–H and O–H groups in total. The predicted molar refractivity (Wildman–Crippen MR) is 66.5 cm³/mol. The Morgan fingerprint density at radius 3 is 3.00 bits per heavy atom. The van der Waals surface area contributed by atoms with Crippen molar-refractivity contribution in [1.29, 1.82) is 0 Å². The number of benzene rings is 1. The Kier molecular flexibility index (Phi) is 3.04. The Morgan fingerprint density at radius 1 is 1.40 bits per heavy atom. The van der Waals surface area contributed by atoms with Crippen LogP contribution in [0.1, 0.15) is 5.56 Å². The number of rotatable bonds is 3. The van der Waals surface area contributed by atoms with E-state index in [0.717, 1.165) is 11.3 Å². The van der Waals surface area contributed by atoms with Gasteiger partial charge >= 0.3 is 0 Å². The van der Waals surface area contributed by atoms with E-state index in [9.17, 15) is 0 Å². The molecule has 1 heterocycles. The zero-order valence-electron chi connectivity index (χ0n) is 8.57. The summed E-state index contributed by atoms with van der Waals surface area (Å²) in [5, 5.41) is 3.24. The summed E-state index contributed by atoms with van der Waals surface area (Å²) in [6.07, 6.45) is 3.92. The smallest absolute Gasteiger partial charge is 0.134 e. The van der Waals surface area contributed by atoms with E-state index in [4.69, 9.17) is 10.5 Å². The minimum Gasteiger partial charge on any atom is -0.495 e. The summed E-state index contributed by atoms with van der Waals surface area (Å²) in [5.74, 6) is 0.929. The van der Waals surface area contributed by atoms with Crippen molar-refractivity contribution in [2.24, 2.45) is 5.73 Å². The van der Waals surface area contributed by atoms with Crippen LogP contribution in [-0.2, 0) is 0 Å². The van der Waals surface area contributed by atoms with E-state index >= 15 is 0 Å². The van der Waals surface area contributed by atoms with E-state index in [1.165, 1.54) is 10.1 Å². The molecular formula is C12H13NOS. The summed E-state index contributed by atoms with van der Waals surface area (Å²) < 4.78 is 6.68. The molecular weight excluding hydrogens is 206 g/mol. The van der Waals surface area contributed by atoms with Crippen LogP contribution in [0.25, 0.3) is 16.2 Å². The standard InChI is InChI=1S/C12H13NOS/c1-14-12-9(3-2-7-13)4-5-11-10(12)6-8-15-11/h2-6,8H,7,13H2,1H3/b3-2+. The summed E-state index contributed by atoms with van der Waals surface area (Å²) in [4.78, 5) is 0. The molecule has 0 bridgehead atoms. The van der Waals surface area contributed by atoms with E-state index in [0.29, 0.717) is 6.54 Å². The maximum Gasteiger partial charge on any atom is 0.134 e. The summed E-state index contributed by atoms with van der Waals surface area (Å²) in [5.41, 5.74) is 6.51. The molecule has 0 atom stereocenters. The molecule has 0 aliphatic rings. The van der Waals surface area contributed by atoms with E-state index in [1.807, 2.05) is 12.2 Å².